The molecule has 0 heterocycles. The lowest BCUT2D eigenvalue weighted by Gasteiger charge is -2.26. The SMILES string of the molecule is C=C(C)C1(C)CCC(C)=C1OC=O. The smallest absolute Gasteiger partial charge is 0.298 e. The van der Waals surface area contributed by atoms with Crippen molar-refractivity contribution >= 4 is 6.47 Å². The Morgan fingerprint density at radius 2 is 2.31 bits per heavy atom. The van der Waals surface area contributed by atoms with E-state index in [9.17, 15) is 4.79 Å². The normalized spacial score (nSPS) is 27.6. The summed E-state index contributed by atoms with van der Waals surface area (Å²) >= 11 is 0. The first kappa shape index (κ1) is 10.0. The molecule has 0 radical (unpaired) electrons. The van der Waals surface area contributed by atoms with Gasteiger partial charge in [0.1, 0.15) is 5.76 Å². The maximum Gasteiger partial charge on any atom is 0.298 e. The van der Waals surface area contributed by atoms with Gasteiger partial charge in [0.15, 0.2) is 0 Å². The highest BCUT2D eigenvalue weighted by atomic mass is 16.5. The van der Waals surface area contributed by atoms with Gasteiger partial charge < -0.3 is 4.74 Å². The molecule has 0 aromatic rings. The third-order valence-electron chi connectivity index (χ3n) is 3.00. The molecule has 72 valence electrons. The Balaban J connectivity index is 3.02. The molecule has 0 aromatic heterocycles. The van der Waals surface area contributed by atoms with Gasteiger partial charge in [-0.15, -0.1) is 0 Å². The molecule has 13 heavy (non-hydrogen) atoms. The second kappa shape index (κ2) is 3.36. The first-order chi connectivity index (χ1) is 6.02. The van der Waals surface area contributed by atoms with Crippen LogP contribution in [0.2, 0.25) is 0 Å². The van der Waals surface area contributed by atoms with Gasteiger partial charge in [-0.05, 0) is 39.2 Å². The molecule has 0 N–H and O–H groups in total. The Bertz CT molecular complexity index is 276. The Hall–Kier alpha value is -1.05. The molecular weight excluding hydrogens is 164 g/mol. The summed E-state index contributed by atoms with van der Waals surface area (Å²) in [6.45, 7) is 10.5. The second-order valence-corrected chi connectivity index (χ2v) is 3.94. The zero-order valence-corrected chi connectivity index (χ0v) is 8.52. The van der Waals surface area contributed by atoms with E-state index in [1.165, 1.54) is 0 Å². The number of carbonyl (C=O) groups is 1. The van der Waals surface area contributed by atoms with E-state index < -0.39 is 0 Å². The van der Waals surface area contributed by atoms with Gasteiger partial charge in [0.05, 0.1) is 0 Å². The quantitative estimate of drug-likeness (QED) is 0.493. The van der Waals surface area contributed by atoms with Crippen LogP contribution < -0.4 is 0 Å². The van der Waals surface area contributed by atoms with Crippen LogP contribution in [-0.4, -0.2) is 6.47 Å². The summed E-state index contributed by atoms with van der Waals surface area (Å²) in [5, 5.41) is 0. The highest BCUT2D eigenvalue weighted by Gasteiger charge is 2.37. The molecule has 2 heteroatoms. The fourth-order valence-corrected chi connectivity index (χ4v) is 1.82. The fraction of sp³-hybridized carbons (Fsp3) is 0.545. The first-order valence-electron chi connectivity index (χ1n) is 4.49. The minimum Gasteiger partial charge on any atom is -0.432 e. The van der Waals surface area contributed by atoms with Crippen molar-refractivity contribution in [2.75, 3.05) is 0 Å². The summed E-state index contributed by atoms with van der Waals surface area (Å²) in [6.07, 6.45) is 1.99. The van der Waals surface area contributed by atoms with E-state index in [2.05, 4.69) is 13.5 Å². The number of ether oxygens (including phenoxy) is 1. The predicted octanol–water partition coefficient (Wildman–Crippen LogP) is 2.81. The van der Waals surface area contributed by atoms with Crippen LogP contribution in [0.1, 0.15) is 33.6 Å². The van der Waals surface area contributed by atoms with Crippen molar-refractivity contribution in [2.45, 2.75) is 33.6 Å². The van der Waals surface area contributed by atoms with E-state index in [-0.39, 0.29) is 5.41 Å². The number of rotatable bonds is 3. The molecule has 0 saturated heterocycles. The van der Waals surface area contributed by atoms with E-state index in [1.807, 2.05) is 13.8 Å². The summed E-state index contributed by atoms with van der Waals surface area (Å²) in [7, 11) is 0. The maximum atomic E-state index is 10.3. The number of carbonyl (C=O) groups excluding carboxylic acids is 1. The zero-order chi connectivity index (χ0) is 10.1. The summed E-state index contributed by atoms with van der Waals surface area (Å²) < 4.78 is 5.03. The molecule has 1 rings (SSSR count). The van der Waals surface area contributed by atoms with Crippen molar-refractivity contribution in [3.63, 3.8) is 0 Å². The van der Waals surface area contributed by atoms with Gasteiger partial charge in [0.25, 0.3) is 6.47 Å². The van der Waals surface area contributed by atoms with Crippen LogP contribution in [-0.2, 0) is 9.53 Å². The maximum absolute atomic E-state index is 10.3. The molecule has 1 aliphatic rings. The zero-order valence-electron chi connectivity index (χ0n) is 8.52. The molecule has 0 aliphatic heterocycles. The summed E-state index contributed by atoms with van der Waals surface area (Å²) in [5.41, 5.74) is 2.09. The first-order valence-corrected chi connectivity index (χ1v) is 4.49. The van der Waals surface area contributed by atoms with Crippen LogP contribution in [0.3, 0.4) is 0 Å². The highest BCUT2D eigenvalue weighted by Crippen LogP contribution is 2.47. The van der Waals surface area contributed by atoms with Gasteiger partial charge in [0, 0.05) is 5.41 Å². The predicted molar refractivity (Wildman–Crippen MR) is 52.0 cm³/mol. The molecule has 1 unspecified atom stereocenters. The third-order valence-corrected chi connectivity index (χ3v) is 3.00. The molecule has 0 saturated carbocycles. The van der Waals surface area contributed by atoms with Crippen LogP contribution in [0.15, 0.2) is 23.5 Å². The standard InChI is InChI=1S/C11H16O2/c1-8(2)11(4)6-5-9(3)10(11)13-7-12/h7H,1,5-6H2,2-4H3. The Labute approximate surface area is 79.3 Å². The van der Waals surface area contributed by atoms with Gasteiger partial charge in [-0.2, -0.15) is 0 Å². The van der Waals surface area contributed by atoms with Crippen LogP contribution >= 0.6 is 0 Å². The lowest BCUT2D eigenvalue weighted by atomic mass is 9.82. The van der Waals surface area contributed by atoms with E-state index in [4.69, 9.17) is 4.74 Å². The second-order valence-electron chi connectivity index (χ2n) is 3.94. The Morgan fingerprint density at radius 3 is 2.77 bits per heavy atom. The minimum atomic E-state index is -0.134. The number of hydrogen-bond donors (Lipinski definition) is 0. The summed E-state index contributed by atoms with van der Waals surface area (Å²) in [5.74, 6) is 0.801. The topological polar surface area (TPSA) is 26.3 Å². The van der Waals surface area contributed by atoms with Crippen LogP contribution in [0.4, 0.5) is 0 Å². The van der Waals surface area contributed by atoms with E-state index in [1.54, 1.807) is 0 Å². The van der Waals surface area contributed by atoms with Crippen molar-refractivity contribution < 1.29 is 9.53 Å². The highest BCUT2D eigenvalue weighted by molar-refractivity contribution is 5.44. The molecule has 2 nitrogen and oxygen atoms in total. The fourth-order valence-electron chi connectivity index (χ4n) is 1.82. The molecule has 0 spiro atoms. The van der Waals surface area contributed by atoms with Gasteiger partial charge in [-0.1, -0.05) is 12.2 Å². The van der Waals surface area contributed by atoms with Gasteiger partial charge in [-0.3, -0.25) is 4.79 Å². The molecule has 0 amide bonds. The Kier molecular flexibility index (Phi) is 2.60. The average Bonchev–Trinajstić information content (AvgIpc) is 2.34. The van der Waals surface area contributed by atoms with E-state index in [0.717, 1.165) is 29.7 Å². The van der Waals surface area contributed by atoms with Crippen molar-refractivity contribution in [1.29, 1.82) is 0 Å². The van der Waals surface area contributed by atoms with Crippen molar-refractivity contribution in [1.82, 2.24) is 0 Å². The van der Waals surface area contributed by atoms with Crippen LogP contribution in [0, 0.1) is 5.41 Å². The molecule has 1 atom stereocenters. The van der Waals surface area contributed by atoms with Crippen LogP contribution in [0.5, 0.6) is 0 Å². The molecule has 0 aromatic carbocycles. The third kappa shape index (κ3) is 1.53. The van der Waals surface area contributed by atoms with Crippen molar-refractivity contribution in [3.8, 4) is 0 Å². The van der Waals surface area contributed by atoms with Gasteiger partial charge in [0.2, 0.25) is 0 Å². The monoisotopic (exact) mass is 180 g/mol. The van der Waals surface area contributed by atoms with E-state index >= 15 is 0 Å². The number of hydrogen-bond acceptors (Lipinski definition) is 2. The molecule has 1 aliphatic carbocycles. The summed E-state index contributed by atoms with van der Waals surface area (Å²) in [4.78, 5) is 10.3. The summed E-state index contributed by atoms with van der Waals surface area (Å²) in [6, 6.07) is 0. The average molecular weight is 180 g/mol. The van der Waals surface area contributed by atoms with Crippen molar-refractivity contribution in [2.24, 2.45) is 5.41 Å². The van der Waals surface area contributed by atoms with Crippen molar-refractivity contribution in [3.05, 3.63) is 23.5 Å². The van der Waals surface area contributed by atoms with Crippen LogP contribution in [0.25, 0.3) is 0 Å². The Morgan fingerprint density at radius 1 is 1.69 bits per heavy atom. The minimum absolute atomic E-state index is 0.134. The lowest BCUT2D eigenvalue weighted by molar-refractivity contribution is -0.126. The molecule has 0 bridgehead atoms. The van der Waals surface area contributed by atoms with Gasteiger partial charge >= 0.3 is 0 Å². The largest absolute Gasteiger partial charge is 0.432 e. The lowest BCUT2D eigenvalue weighted by Crippen LogP contribution is -2.18. The molecule has 0 fully saturated rings. The number of allylic oxidation sites excluding steroid dienone is 2. The van der Waals surface area contributed by atoms with Gasteiger partial charge in [-0.25, -0.2) is 0 Å². The van der Waals surface area contributed by atoms with E-state index in [0.29, 0.717) is 6.47 Å². The molecular formula is C11H16O2.